The van der Waals surface area contributed by atoms with Crippen molar-refractivity contribution in [2.75, 3.05) is 0 Å². The zero-order chi connectivity index (χ0) is 13.5. The van der Waals surface area contributed by atoms with Crippen LogP contribution in [0, 0.1) is 11.8 Å². The van der Waals surface area contributed by atoms with E-state index in [-0.39, 0.29) is 5.54 Å². The molecule has 0 aliphatic heterocycles. The van der Waals surface area contributed by atoms with Gasteiger partial charge in [-0.1, -0.05) is 32.0 Å². The fraction of sp³-hybridized carbons (Fsp3) is 0.471. The van der Waals surface area contributed by atoms with Crippen molar-refractivity contribution in [3.05, 3.63) is 42.1 Å². The molecule has 0 amide bonds. The molecular weight excluding hydrogens is 232 g/mol. The summed E-state index contributed by atoms with van der Waals surface area (Å²) in [6.45, 7) is 4.62. The zero-order valence-electron chi connectivity index (χ0n) is 11.8. The maximum absolute atomic E-state index is 6.75. The van der Waals surface area contributed by atoms with Gasteiger partial charge in [0.2, 0.25) is 0 Å². The van der Waals surface area contributed by atoms with Crippen LogP contribution in [0.25, 0.3) is 10.9 Å². The highest BCUT2D eigenvalue weighted by molar-refractivity contribution is 5.79. The van der Waals surface area contributed by atoms with Gasteiger partial charge in [0.05, 0.1) is 5.52 Å². The first-order chi connectivity index (χ1) is 9.09. The van der Waals surface area contributed by atoms with E-state index in [9.17, 15) is 0 Å². The van der Waals surface area contributed by atoms with Crippen LogP contribution < -0.4 is 5.73 Å². The van der Waals surface area contributed by atoms with Gasteiger partial charge in [0, 0.05) is 17.1 Å². The third kappa shape index (κ3) is 2.14. The number of fused-ring (bicyclic) bond motifs is 1. The van der Waals surface area contributed by atoms with Crippen molar-refractivity contribution in [3.8, 4) is 0 Å². The van der Waals surface area contributed by atoms with Crippen LogP contribution >= 0.6 is 0 Å². The molecule has 0 radical (unpaired) electrons. The van der Waals surface area contributed by atoms with Gasteiger partial charge < -0.3 is 5.73 Å². The van der Waals surface area contributed by atoms with Gasteiger partial charge in [-0.15, -0.1) is 0 Å². The van der Waals surface area contributed by atoms with Crippen LogP contribution in [0.3, 0.4) is 0 Å². The molecule has 0 saturated heterocycles. The Balaban J connectivity index is 2.03. The van der Waals surface area contributed by atoms with E-state index >= 15 is 0 Å². The van der Waals surface area contributed by atoms with Crippen molar-refractivity contribution >= 4 is 10.9 Å². The second kappa shape index (κ2) is 4.61. The molecule has 2 N–H and O–H groups in total. The minimum Gasteiger partial charge on any atom is -0.321 e. The monoisotopic (exact) mass is 254 g/mol. The molecule has 1 fully saturated rings. The van der Waals surface area contributed by atoms with E-state index in [2.05, 4.69) is 43.1 Å². The van der Waals surface area contributed by atoms with Crippen LogP contribution in [-0.4, -0.2) is 4.98 Å². The summed E-state index contributed by atoms with van der Waals surface area (Å²) in [7, 11) is 0. The molecule has 2 nitrogen and oxygen atoms in total. The molecule has 0 spiro atoms. The molecule has 1 aliphatic rings. The van der Waals surface area contributed by atoms with Crippen molar-refractivity contribution in [2.45, 2.75) is 38.6 Å². The van der Waals surface area contributed by atoms with Crippen LogP contribution in [0.4, 0.5) is 0 Å². The quantitative estimate of drug-likeness (QED) is 0.839. The average Bonchev–Trinajstić information content (AvgIpc) is 2.43. The number of nitrogens with zero attached hydrogens (tertiary/aromatic N) is 1. The molecule has 2 heteroatoms. The van der Waals surface area contributed by atoms with Crippen molar-refractivity contribution in [1.82, 2.24) is 4.98 Å². The maximum Gasteiger partial charge on any atom is 0.0705 e. The van der Waals surface area contributed by atoms with Crippen molar-refractivity contribution in [3.63, 3.8) is 0 Å². The fourth-order valence-electron chi connectivity index (χ4n) is 3.45. The number of aromatic nitrogens is 1. The predicted octanol–water partition coefficient (Wildman–Crippen LogP) is 3.84. The van der Waals surface area contributed by atoms with E-state index in [1.807, 2.05) is 12.3 Å². The van der Waals surface area contributed by atoms with E-state index in [4.69, 9.17) is 5.73 Å². The molecule has 1 aromatic carbocycles. The Labute approximate surface area is 115 Å². The second-order valence-corrected chi connectivity index (χ2v) is 6.23. The summed E-state index contributed by atoms with van der Waals surface area (Å²) in [5, 5.41) is 1.19. The van der Waals surface area contributed by atoms with Crippen LogP contribution in [0.1, 0.15) is 38.7 Å². The molecule has 1 aromatic heterocycles. The molecule has 1 aliphatic carbocycles. The van der Waals surface area contributed by atoms with Crippen LogP contribution in [0.5, 0.6) is 0 Å². The lowest BCUT2D eigenvalue weighted by molar-refractivity contribution is 0.164. The molecule has 100 valence electrons. The number of rotatable bonds is 1. The Morgan fingerprint density at radius 2 is 2.11 bits per heavy atom. The summed E-state index contributed by atoms with van der Waals surface area (Å²) < 4.78 is 0. The highest BCUT2D eigenvalue weighted by atomic mass is 14.8. The van der Waals surface area contributed by atoms with Gasteiger partial charge in [0.15, 0.2) is 0 Å². The standard InChI is InChI=1S/C17H22N2/c1-12-7-8-17(18,13(2)10-12)15-6-5-14-4-3-9-19-16(14)11-15/h3-6,9,11-13H,7-8,10,18H2,1-2H3. The topological polar surface area (TPSA) is 38.9 Å². The first-order valence-corrected chi connectivity index (χ1v) is 7.24. The molecule has 1 saturated carbocycles. The minimum absolute atomic E-state index is 0.182. The zero-order valence-corrected chi connectivity index (χ0v) is 11.8. The molecule has 3 rings (SSSR count). The lowest BCUT2D eigenvalue weighted by atomic mass is 9.67. The van der Waals surface area contributed by atoms with E-state index in [1.54, 1.807) is 0 Å². The van der Waals surface area contributed by atoms with Crippen molar-refractivity contribution < 1.29 is 0 Å². The number of nitrogens with two attached hydrogens (primary N) is 1. The summed E-state index contributed by atoms with van der Waals surface area (Å²) in [5.41, 5.74) is 8.87. The molecular formula is C17H22N2. The van der Waals surface area contributed by atoms with Crippen molar-refractivity contribution in [2.24, 2.45) is 17.6 Å². The number of hydrogen-bond acceptors (Lipinski definition) is 2. The molecule has 3 unspecified atom stereocenters. The van der Waals surface area contributed by atoms with Gasteiger partial charge in [-0.3, -0.25) is 4.98 Å². The average molecular weight is 254 g/mol. The van der Waals surface area contributed by atoms with Gasteiger partial charge >= 0.3 is 0 Å². The number of benzene rings is 1. The number of hydrogen-bond donors (Lipinski definition) is 1. The van der Waals surface area contributed by atoms with Gasteiger partial charge in [-0.2, -0.15) is 0 Å². The van der Waals surface area contributed by atoms with Gasteiger partial charge in [0.25, 0.3) is 0 Å². The lowest BCUT2D eigenvalue weighted by Crippen LogP contribution is -2.46. The molecule has 3 atom stereocenters. The lowest BCUT2D eigenvalue weighted by Gasteiger charge is -2.42. The molecule has 1 heterocycles. The van der Waals surface area contributed by atoms with Crippen LogP contribution in [0.2, 0.25) is 0 Å². The summed E-state index contributed by atoms with van der Waals surface area (Å²) in [5.74, 6) is 1.32. The smallest absolute Gasteiger partial charge is 0.0705 e. The Morgan fingerprint density at radius 1 is 1.26 bits per heavy atom. The summed E-state index contributed by atoms with van der Waals surface area (Å²) in [4.78, 5) is 4.45. The highest BCUT2D eigenvalue weighted by Crippen LogP contribution is 2.42. The first-order valence-electron chi connectivity index (χ1n) is 7.24. The first kappa shape index (κ1) is 12.6. The third-order valence-corrected chi connectivity index (χ3v) is 4.83. The second-order valence-electron chi connectivity index (χ2n) is 6.23. The maximum atomic E-state index is 6.75. The normalized spacial score (nSPS) is 31.5. The number of pyridine rings is 1. The largest absolute Gasteiger partial charge is 0.321 e. The van der Waals surface area contributed by atoms with E-state index in [1.165, 1.54) is 23.8 Å². The molecule has 19 heavy (non-hydrogen) atoms. The van der Waals surface area contributed by atoms with Crippen LogP contribution in [-0.2, 0) is 5.54 Å². The summed E-state index contributed by atoms with van der Waals surface area (Å²) >= 11 is 0. The molecule has 0 bridgehead atoms. The fourth-order valence-corrected chi connectivity index (χ4v) is 3.45. The van der Waals surface area contributed by atoms with Crippen molar-refractivity contribution in [1.29, 1.82) is 0 Å². The van der Waals surface area contributed by atoms with Gasteiger partial charge in [-0.05, 0) is 48.8 Å². The van der Waals surface area contributed by atoms with Gasteiger partial charge in [-0.25, -0.2) is 0 Å². The SMILES string of the molecule is CC1CCC(N)(c2ccc3cccnc3c2)C(C)C1. The van der Waals surface area contributed by atoms with Gasteiger partial charge in [0.1, 0.15) is 0 Å². The Morgan fingerprint density at radius 3 is 2.89 bits per heavy atom. The highest BCUT2D eigenvalue weighted by Gasteiger charge is 2.38. The Bertz CT molecular complexity index is 593. The molecule has 2 aromatic rings. The summed E-state index contributed by atoms with van der Waals surface area (Å²) in [6, 6.07) is 10.6. The van der Waals surface area contributed by atoms with Crippen LogP contribution in [0.15, 0.2) is 36.5 Å². The Kier molecular flexibility index (Phi) is 3.06. The predicted molar refractivity (Wildman–Crippen MR) is 79.8 cm³/mol. The summed E-state index contributed by atoms with van der Waals surface area (Å²) in [6.07, 6.45) is 5.37. The van der Waals surface area contributed by atoms with E-state index in [0.29, 0.717) is 5.92 Å². The third-order valence-electron chi connectivity index (χ3n) is 4.83. The van der Waals surface area contributed by atoms with E-state index in [0.717, 1.165) is 17.9 Å². The van der Waals surface area contributed by atoms with E-state index < -0.39 is 0 Å². The Hall–Kier alpha value is -1.41. The minimum atomic E-state index is -0.182.